The molecule has 1 aromatic heterocycles. The van der Waals surface area contributed by atoms with E-state index in [1.807, 2.05) is 5.38 Å². The minimum atomic E-state index is -0.0666. The zero-order valence-corrected chi connectivity index (χ0v) is 8.53. The number of nitrogens with one attached hydrogen (secondary N) is 1. The van der Waals surface area contributed by atoms with Crippen molar-refractivity contribution in [2.75, 3.05) is 12.3 Å². The topological polar surface area (TPSA) is 50.9 Å². The van der Waals surface area contributed by atoms with Gasteiger partial charge in [0.1, 0.15) is 0 Å². The maximum absolute atomic E-state index is 5.55. The van der Waals surface area contributed by atoms with E-state index in [1.54, 1.807) is 0 Å². The lowest BCUT2D eigenvalue weighted by Crippen LogP contribution is -2.36. The van der Waals surface area contributed by atoms with Gasteiger partial charge in [-0.05, 0) is 20.4 Å². The number of aromatic nitrogens is 1. The predicted octanol–water partition coefficient (Wildman–Crippen LogP) is 1.57. The van der Waals surface area contributed by atoms with E-state index < -0.39 is 0 Å². The smallest absolute Gasteiger partial charge is 0.180 e. The molecule has 0 bridgehead atoms. The van der Waals surface area contributed by atoms with Crippen molar-refractivity contribution < 1.29 is 0 Å². The van der Waals surface area contributed by atoms with Gasteiger partial charge >= 0.3 is 0 Å². The average molecular weight is 185 g/mol. The van der Waals surface area contributed by atoms with E-state index >= 15 is 0 Å². The van der Waals surface area contributed by atoms with Gasteiger partial charge in [-0.2, -0.15) is 0 Å². The Morgan fingerprint density at radius 2 is 2.33 bits per heavy atom. The first-order valence-electron chi connectivity index (χ1n) is 4.03. The van der Waals surface area contributed by atoms with Gasteiger partial charge in [0, 0.05) is 5.38 Å². The summed E-state index contributed by atoms with van der Waals surface area (Å²) in [7, 11) is 0. The first-order valence-corrected chi connectivity index (χ1v) is 4.90. The van der Waals surface area contributed by atoms with Crippen molar-refractivity contribution in [1.29, 1.82) is 0 Å². The van der Waals surface area contributed by atoms with Crippen LogP contribution in [-0.4, -0.2) is 11.5 Å². The van der Waals surface area contributed by atoms with Gasteiger partial charge in [0.05, 0.1) is 11.2 Å². The fraction of sp³-hybridized carbons (Fsp3) is 0.625. The molecule has 4 heteroatoms. The minimum Gasteiger partial charge on any atom is -0.375 e. The van der Waals surface area contributed by atoms with Crippen molar-refractivity contribution in [2.45, 2.75) is 26.3 Å². The third-order valence-electron chi connectivity index (χ3n) is 1.78. The summed E-state index contributed by atoms with van der Waals surface area (Å²) in [6.07, 6.45) is 0. The zero-order valence-electron chi connectivity index (χ0n) is 7.72. The quantitative estimate of drug-likeness (QED) is 0.751. The summed E-state index contributed by atoms with van der Waals surface area (Å²) in [6, 6.07) is 0. The van der Waals surface area contributed by atoms with Crippen LogP contribution in [0.5, 0.6) is 0 Å². The lowest BCUT2D eigenvalue weighted by Gasteiger charge is -2.23. The Morgan fingerprint density at radius 3 is 2.75 bits per heavy atom. The molecule has 0 aliphatic rings. The van der Waals surface area contributed by atoms with Gasteiger partial charge in [0.2, 0.25) is 0 Å². The van der Waals surface area contributed by atoms with E-state index in [0.717, 1.165) is 12.2 Å². The lowest BCUT2D eigenvalue weighted by atomic mass is 10.0. The number of nitrogen functional groups attached to an aromatic ring is 1. The second kappa shape index (κ2) is 3.41. The Balaban J connectivity index is 2.81. The van der Waals surface area contributed by atoms with Gasteiger partial charge in [-0.1, -0.05) is 6.92 Å². The fourth-order valence-electron chi connectivity index (χ4n) is 1.11. The molecule has 68 valence electrons. The van der Waals surface area contributed by atoms with Crippen LogP contribution in [0.4, 0.5) is 5.13 Å². The molecule has 0 aliphatic carbocycles. The summed E-state index contributed by atoms with van der Waals surface area (Å²) in [5, 5.41) is 5.97. The van der Waals surface area contributed by atoms with Crippen LogP contribution in [0.2, 0.25) is 0 Å². The Kier molecular flexibility index (Phi) is 2.69. The highest BCUT2D eigenvalue weighted by molar-refractivity contribution is 7.13. The second-order valence-corrected chi connectivity index (χ2v) is 4.12. The molecule has 0 radical (unpaired) electrons. The zero-order chi connectivity index (χ0) is 9.19. The van der Waals surface area contributed by atoms with E-state index in [2.05, 4.69) is 31.1 Å². The normalized spacial score (nSPS) is 11.9. The van der Waals surface area contributed by atoms with E-state index in [-0.39, 0.29) is 5.54 Å². The lowest BCUT2D eigenvalue weighted by molar-refractivity contribution is 0.406. The van der Waals surface area contributed by atoms with E-state index in [0.29, 0.717) is 5.13 Å². The van der Waals surface area contributed by atoms with Crippen LogP contribution in [0.15, 0.2) is 5.38 Å². The van der Waals surface area contributed by atoms with Gasteiger partial charge < -0.3 is 11.1 Å². The molecular weight excluding hydrogens is 170 g/mol. The standard InChI is InChI=1S/C8H15N3S/c1-4-10-8(2,3)6-5-12-7(9)11-6/h5,10H,4H2,1-3H3,(H2,9,11). The predicted molar refractivity (Wildman–Crippen MR) is 53.2 cm³/mol. The Hall–Kier alpha value is -0.610. The number of anilines is 1. The van der Waals surface area contributed by atoms with Crippen LogP contribution in [0.3, 0.4) is 0 Å². The Bertz CT molecular complexity index is 255. The summed E-state index contributed by atoms with van der Waals surface area (Å²) >= 11 is 1.48. The van der Waals surface area contributed by atoms with Crippen LogP contribution in [0.1, 0.15) is 26.5 Å². The molecule has 0 fully saturated rings. The first kappa shape index (κ1) is 9.48. The summed E-state index contributed by atoms with van der Waals surface area (Å²) in [6.45, 7) is 7.22. The van der Waals surface area contributed by atoms with Gasteiger partial charge in [0.25, 0.3) is 0 Å². The number of nitrogens with zero attached hydrogens (tertiary/aromatic N) is 1. The van der Waals surface area contributed by atoms with Crippen molar-refractivity contribution in [3.05, 3.63) is 11.1 Å². The SMILES string of the molecule is CCNC(C)(C)c1csc(N)n1. The summed E-state index contributed by atoms with van der Waals surface area (Å²) in [4.78, 5) is 4.23. The summed E-state index contributed by atoms with van der Waals surface area (Å²) in [5.41, 5.74) is 6.50. The van der Waals surface area contributed by atoms with Gasteiger partial charge in [-0.3, -0.25) is 0 Å². The largest absolute Gasteiger partial charge is 0.375 e. The fourth-order valence-corrected chi connectivity index (χ4v) is 1.84. The maximum Gasteiger partial charge on any atom is 0.180 e. The van der Waals surface area contributed by atoms with Crippen LogP contribution in [0, 0.1) is 0 Å². The van der Waals surface area contributed by atoms with E-state index in [1.165, 1.54) is 11.3 Å². The number of rotatable bonds is 3. The monoisotopic (exact) mass is 185 g/mol. The first-order chi connectivity index (χ1) is 5.56. The summed E-state index contributed by atoms with van der Waals surface area (Å²) < 4.78 is 0. The van der Waals surface area contributed by atoms with Crippen LogP contribution in [-0.2, 0) is 5.54 Å². The molecule has 0 aromatic carbocycles. The van der Waals surface area contributed by atoms with Crippen molar-refractivity contribution in [3.63, 3.8) is 0 Å². The minimum absolute atomic E-state index is 0.0666. The molecular formula is C8H15N3S. The maximum atomic E-state index is 5.55. The molecule has 3 N–H and O–H groups in total. The van der Waals surface area contributed by atoms with Crippen molar-refractivity contribution in [1.82, 2.24) is 10.3 Å². The van der Waals surface area contributed by atoms with Crippen LogP contribution >= 0.6 is 11.3 Å². The highest BCUT2D eigenvalue weighted by Crippen LogP contribution is 2.22. The summed E-state index contributed by atoms with van der Waals surface area (Å²) in [5.74, 6) is 0. The van der Waals surface area contributed by atoms with Crippen molar-refractivity contribution in [3.8, 4) is 0 Å². The highest BCUT2D eigenvalue weighted by Gasteiger charge is 2.21. The number of hydrogen-bond donors (Lipinski definition) is 2. The number of nitrogens with two attached hydrogens (primary N) is 1. The van der Waals surface area contributed by atoms with Gasteiger partial charge in [-0.25, -0.2) is 4.98 Å². The molecule has 0 spiro atoms. The molecule has 0 saturated heterocycles. The van der Waals surface area contributed by atoms with E-state index in [9.17, 15) is 0 Å². The third-order valence-corrected chi connectivity index (χ3v) is 2.45. The second-order valence-electron chi connectivity index (χ2n) is 3.23. The van der Waals surface area contributed by atoms with Crippen LogP contribution < -0.4 is 11.1 Å². The Labute approximate surface area is 77.0 Å². The molecule has 12 heavy (non-hydrogen) atoms. The molecule has 0 saturated carbocycles. The number of thiazole rings is 1. The molecule has 1 aromatic rings. The molecule has 1 heterocycles. The Morgan fingerprint density at radius 1 is 1.67 bits per heavy atom. The molecule has 0 amide bonds. The molecule has 1 rings (SSSR count). The molecule has 0 aliphatic heterocycles. The van der Waals surface area contributed by atoms with Gasteiger partial charge in [-0.15, -0.1) is 11.3 Å². The van der Waals surface area contributed by atoms with Crippen molar-refractivity contribution in [2.24, 2.45) is 0 Å². The van der Waals surface area contributed by atoms with E-state index in [4.69, 9.17) is 5.73 Å². The molecule has 0 atom stereocenters. The number of hydrogen-bond acceptors (Lipinski definition) is 4. The molecule has 0 unspecified atom stereocenters. The molecule has 3 nitrogen and oxygen atoms in total. The van der Waals surface area contributed by atoms with Crippen LogP contribution in [0.25, 0.3) is 0 Å². The highest BCUT2D eigenvalue weighted by atomic mass is 32.1. The average Bonchev–Trinajstić information content (AvgIpc) is 2.36. The third kappa shape index (κ3) is 1.95. The van der Waals surface area contributed by atoms with Gasteiger partial charge in [0.15, 0.2) is 5.13 Å². The van der Waals surface area contributed by atoms with Crippen molar-refractivity contribution >= 4 is 16.5 Å².